The van der Waals surface area contributed by atoms with Crippen molar-refractivity contribution < 1.29 is 0 Å². The van der Waals surface area contributed by atoms with E-state index in [0.717, 1.165) is 17.8 Å². The third-order valence-electron chi connectivity index (χ3n) is 3.23. The Morgan fingerprint density at radius 1 is 1.00 bits per heavy atom. The maximum absolute atomic E-state index is 6.13. The van der Waals surface area contributed by atoms with Crippen molar-refractivity contribution in [2.75, 3.05) is 0 Å². The smallest absolute Gasteiger partial charge is 0.0126 e. The first-order valence-corrected chi connectivity index (χ1v) is 5.18. The molecule has 1 rings (SSSR count). The van der Waals surface area contributed by atoms with Crippen LogP contribution in [0.5, 0.6) is 0 Å². The number of nitrogens with two attached hydrogens (primary N) is 1. The van der Waals surface area contributed by atoms with Crippen molar-refractivity contribution in [1.29, 1.82) is 0 Å². The van der Waals surface area contributed by atoms with Gasteiger partial charge in [0.2, 0.25) is 0 Å². The predicted octanol–water partition coefficient (Wildman–Crippen LogP) is 2.80. The summed E-state index contributed by atoms with van der Waals surface area (Å²) in [5, 5.41) is 0. The first-order chi connectivity index (χ1) is 5.39. The van der Waals surface area contributed by atoms with Crippen LogP contribution in [0.3, 0.4) is 0 Å². The van der Waals surface area contributed by atoms with Crippen molar-refractivity contribution in [1.82, 2.24) is 0 Å². The molecule has 0 heterocycles. The Morgan fingerprint density at radius 2 is 1.42 bits per heavy atom. The molecule has 12 heavy (non-hydrogen) atoms. The fourth-order valence-electron chi connectivity index (χ4n) is 2.55. The average Bonchev–Trinajstić information content (AvgIpc) is 1.82. The van der Waals surface area contributed by atoms with Crippen LogP contribution >= 0.6 is 0 Å². The van der Waals surface area contributed by atoms with Crippen LogP contribution < -0.4 is 5.73 Å². The van der Waals surface area contributed by atoms with Crippen molar-refractivity contribution in [2.24, 2.45) is 23.5 Å². The van der Waals surface area contributed by atoms with Crippen LogP contribution in [0.15, 0.2) is 0 Å². The monoisotopic (exact) mass is 169 g/mol. The molecule has 2 N–H and O–H groups in total. The van der Waals surface area contributed by atoms with E-state index in [2.05, 4.69) is 27.7 Å². The highest BCUT2D eigenvalue weighted by Gasteiger charge is 2.32. The molecule has 1 saturated carbocycles. The molecule has 2 atom stereocenters. The van der Waals surface area contributed by atoms with E-state index in [-0.39, 0.29) is 5.54 Å². The van der Waals surface area contributed by atoms with E-state index < -0.39 is 0 Å². The molecule has 1 aliphatic carbocycles. The summed E-state index contributed by atoms with van der Waals surface area (Å²) in [6, 6.07) is 0. The first kappa shape index (κ1) is 10.0. The molecular weight excluding hydrogens is 146 g/mol. The van der Waals surface area contributed by atoms with Crippen molar-refractivity contribution in [3.05, 3.63) is 0 Å². The molecule has 0 saturated heterocycles. The van der Waals surface area contributed by atoms with Gasteiger partial charge in [-0.1, -0.05) is 13.8 Å². The number of rotatable bonds is 1. The SMILES string of the molecule is CC1CC(C)CC(C(C)(C)N)C1. The van der Waals surface area contributed by atoms with Crippen LogP contribution in [0.2, 0.25) is 0 Å². The van der Waals surface area contributed by atoms with Crippen LogP contribution in [-0.4, -0.2) is 5.54 Å². The molecule has 0 aliphatic heterocycles. The topological polar surface area (TPSA) is 26.0 Å². The minimum atomic E-state index is 0.0307. The Kier molecular flexibility index (Phi) is 2.82. The Morgan fingerprint density at radius 3 is 1.75 bits per heavy atom. The molecule has 1 aliphatic rings. The van der Waals surface area contributed by atoms with Gasteiger partial charge in [0, 0.05) is 5.54 Å². The van der Waals surface area contributed by atoms with Gasteiger partial charge in [-0.15, -0.1) is 0 Å². The van der Waals surface area contributed by atoms with Crippen molar-refractivity contribution in [3.63, 3.8) is 0 Å². The summed E-state index contributed by atoms with van der Waals surface area (Å²) in [5.74, 6) is 2.49. The molecule has 2 unspecified atom stereocenters. The van der Waals surface area contributed by atoms with E-state index >= 15 is 0 Å². The van der Waals surface area contributed by atoms with Crippen LogP contribution in [0, 0.1) is 17.8 Å². The number of hydrogen-bond donors (Lipinski definition) is 1. The highest BCUT2D eigenvalue weighted by Crippen LogP contribution is 2.37. The summed E-state index contributed by atoms with van der Waals surface area (Å²) in [6.45, 7) is 9.05. The molecule has 0 amide bonds. The van der Waals surface area contributed by atoms with Crippen LogP contribution in [0.4, 0.5) is 0 Å². The zero-order valence-corrected chi connectivity index (χ0v) is 8.93. The second-order valence-corrected chi connectivity index (χ2v) is 5.44. The molecule has 0 bridgehead atoms. The van der Waals surface area contributed by atoms with E-state index in [1.165, 1.54) is 19.3 Å². The normalized spacial score (nSPS) is 38.2. The van der Waals surface area contributed by atoms with E-state index in [9.17, 15) is 0 Å². The molecule has 0 spiro atoms. The fraction of sp³-hybridized carbons (Fsp3) is 1.00. The van der Waals surface area contributed by atoms with Crippen molar-refractivity contribution >= 4 is 0 Å². The fourth-order valence-corrected chi connectivity index (χ4v) is 2.55. The molecular formula is C11H23N. The Bertz CT molecular complexity index is 136. The van der Waals surface area contributed by atoms with Gasteiger partial charge >= 0.3 is 0 Å². The Balaban J connectivity index is 2.55. The first-order valence-electron chi connectivity index (χ1n) is 5.18. The second kappa shape index (κ2) is 3.37. The van der Waals surface area contributed by atoms with Gasteiger partial charge in [0.25, 0.3) is 0 Å². The van der Waals surface area contributed by atoms with Gasteiger partial charge in [0.05, 0.1) is 0 Å². The molecule has 1 fully saturated rings. The highest BCUT2D eigenvalue weighted by molar-refractivity contribution is 4.87. The second-order valence-electron chi connectivity index (χ2n) is 5.44. The zero-order chi connectivity index (χ0) is 9.35. The van der Waals surface area contributed by atoms with Crippen molar-refractivity contribution in [3.8, 4) is 0 Å². The van der Waals surface area contributed by atoms with Gasteiger partial charge in [-0.2, -0.15) is 0 Å². The largest absolute Gasteiger partial charge is 0.325 e. The maximum atomic E-state index is 6.13. The van der Waals surface area contributed by atoms with Gasteiger partial charge in [-0.05, 0) is 50.9 Å². The molecule has 1 nitrogen and oxygen atoms in total. The lowest BCUT2D eigenvalue weighted by Gasteiger charge is -2.39. The highest BCUT2D eigenvalue weighted by atomic mass is 14.7. The average molecular weight is 169 g/mol. The summed E-state index contributed by atoms with van der Waals surface area (Å²) in [4.78, 5) is 0. The lowest BCUT2D eigenvalue weighted by molar-refractivity contribution is 0.155. The number of hydrogen-bond acceptors (Lipinski definition) is 1. The quantitative estimate of drug-likeness (QED) is 0.642. The van der Waals surface area contributed by atoms with Gasteiger partial charge in [-0.25, -0.2) is 0 Å². The van der Waals surface area contributed by atoms with E-state index in [4.69, 9.17) is 5.73 Å². The van der Waals surface area contributed by atoms with Crippen LogP contribution in [-0.2, 0) is 0 Å². The summed E-state index contributed by atoms with van der Waals surface area (Å²) < 4.78 is 0. The lowest BCUT2D eigenvalue weighted by atomic mass is 9.70. The van der Waals surface area contributed by atoms with Gasteiger partial charge in [0.15, 0.2) is 0 Å². The van der Waals surface area contributed by atoms with Crippen LogP contribution in [0.25, 0.3) is 0 Å². The van der Waals surface area contributed by atoms with Gasteiger partial charge in [0.1, 0.15) is 0 Å². The summed E-state index contributed by atoms with van der Waals surface area (Å²) >= 11 is 0. The maximum Gasteiger partial charge on any atom is 0.0126 e. The van der Waals surface area contributed by atoms with Crippen LogP contribution in [0.1, 0.15) is 47.0 Å². The Labute approximate surface area is 76.7 Å². The van der Waals surface area contributed by atoms with Crippen molar-refractivity contribution in [2.45, 2.75) is 52.5 Å². The minimum absolute atomic E-state index is 0.0307. The third kappa shape index (κ3) is 2.48. The van der Waals surface area contributed by atoms with E-state index in [1.54, 1.807) is 0 Å². The molecule has 72 valence electrons. The van der Waals surface area contributed by atoms with Gasteiger partial charge in [-0.3, -0.25) is 0 Å². The van der Waals surface area contributed by atoms with E-state index in [1.807, 2.05) is 0 Å². The minimum Gasteiger partial charge on any atom is -0.325 e. The Hall–Kier alpha value is -0.0400. The zero-order valence-electron chi connectivity index (χ0n) is 8.93. The lowest BCUT2D eigenvalue weighted by Crippen LogP contribution is -2.44. The summed E-state index contributed by atoms with van der Waals surface area (Å²) in [7, 11) is 0. The summed E-state index contributed by atoms with van der Waals surface area (Å²) in [5.41, 5.74) is 6.17. The van der Waals surface area contributed by atoms with E-state index in [0.29, 0.717) is 0 Å². The molecule has 1 heteroatoms. The van der Waals surface area contributed by atoms with Gasteiger partial charge < -0.3 is 5.73 Å². The molecule has 0 aromatic heterocycles. The molecule has 0 aromatic rings. The molecule has 0 aromatic carbocycles. The predicted molar refractivity (Wildman–Crippen MR) is 53.9 cm³/mol. The summed E-state index contributed by atoms with van der Waals surface area (Å²) in [6.07, 6.45) is 4.05. The standard InChI is InChI=1S/C11H23N/c1-8-5-9(2)7-10(6-8)11(3,4)12/h8-10H,5-7,12H2,1-4H3. The third-order valence-corrected chi connectivity index (χ3v) is 3.23. The molecule has 0 radical (unpaired) electrons.